The molecule has 0 spiro atoms. The first kappa shape index (κ1) is 22.2. The van der Waals surface area contributed by atoms with Crippen molar-refractivity contribution in [3.63, 3.8) is 0 Å². The van der Waals surface area contributed by atoms with Crippen LogP contribution < -0.4 is 10.6 Å². The molecule has 152 valence electrons. The number of hydrogen-bond donors (Lipinski definition) is 2. The summed E-state index contributed by atoms with van der Waals surface area (Å²) in [6.07, 6.45) is 0.749. The average molecular weight is 426 g/mol. The fraction of sp³-hybridized carbons (Fsp3) is 0.444. The highest BCUT2D eigenvalue weighted by atomic mass is 35.5. The molecule has 10 heteroatoms. The number of hydrogen-bond acceptors (Lipinski definition) is 6. The third-order valence-corrected chi connectivity index (χ3v) is 5.20. The Morgan fingerprint density at radius 3 is 2.75 bits per heavy atom. The van der Waals surface area contributed by atoms with E-state index >= 15 is 0 Å². The van der Waals surface area contributed by atoms with Crippen LogP contribution in [0.3, 0.4) is 0 Å². The van der Waals surface area contributed by atoms with Crippen LogP contribution in [0.15, 0.2) is 29.4 Å². The molecule has 1 aromatic carbocycles. The highest BCUT2D eigenvalue weighted by molar-refractivity contribution is 8.00. The number of halogens is 1. The summed E-state index contributed by atoms with van der Waals surface area (Å²) in [7, 11) is 1.64. The van der Waals surface area contributed by atoms with E-state index in [0.29, 0.717) is 35.7 Å². The smallest absolute Gasteiger partial charge is 0.321 e. The van der Waals surface area contributed by atoms with E-state index < -0.39 is 17.2 Å². The third-order valence-electron chi connectivity index (χ3n) is 3.79. The van der Waals surface area contributed by atoms with E-state index in [-0.39, 0.29) is 0 Å². The van der Waals surface area contributed by atoms with Crippen molar-refractivity contribution in [2.24, 2.45) is 0 Å². The number of ether oxygens (including phenoxy) is 1. The van der Waals surface area contributed by atoms with Gasteiger partial charge in [0.1, 0.15) is 0 Å². The van der Waals surface area contributed by atoms with Crippen molar-refractivity contribution < 1.29 is 14.3 Å². The minimum atomic E-state index is -0.535. The molecule has 0 saturated carbocycles. The molecule has 1 aromatic heterocycles. The summed E-state index contributed by atoms with van der Waals surface area (Å²) in [6, 6.07) is 6.88. The molecule has 0 radical (unpaired) electrons. The van der Waals surface area contributed by atoms with Crippen LogP contribution in [0.2, 0.25) is 5.02 Å². The van der Waals surface area contributed by atoms with E-state index in [9.17, 15) is 9.59 Å². The summed E-state index contributed by atoms with van der Waals surface area (Å²) in [4.78, 5) is 23.8. The number of nitrogens with zero attached hydrogens (tertiary/aromatic N) is 3. The van der Waals surface area contributed by atoms with Crippen LogP contribution in [0.4, 0.5) is 4.79 Å². The molecule has 0 aliphatic rings. The molecule has 2 rings (SSSR count). The topological polar surface area (TPSA) is 98.1 Å². The molecular formula is C18H24ClN5O3S. The maximum Gasteiger partial charge on any atom is 0.321 e. The number of nitrogens with one attached hydrogen (secondary N) is 2. The van der Waals surface area contributed by atoms with Gasteiger partial charge in [0.15, 0.2) is 11.0 Å². The summed E-state index contributed by atoms with van der Waals surface area (Å²) in [5, 5.41) is 14.0. The Bertz CT molecular complexity index is 814. The Hall–Kier alpha value is -2.10. The van der Waals surface area contributed by atoms with E-state index in [1.165, 1.54) is 11.8 Å². The van der Waals surface area contributed by atoms with Crippen molar-refractivity contribution in [1.82, 2.24) is 25.4 Å². The van der Waals surface area contributed by atoms with Crippen molar-refractivity contribution in [2.75, 3.05) is 20.3 Å². The number of amides is 3. The summed E-state index contributed by atoms with van der Waals surface area (Å²) < 4.78 is 7.06. The minimum absolute atomic E-state index is 0.401. The Labute approximate surface area is 173 Å². The van der Waals surface area contributed by atoms with Gasteiger partial charge in [0.25, 0.3) is 0 Å². The van der Waals surface area contributed by atoms with Crippen LogP contribution in [-0.4, -0.2) is 52.2 Å². The van der Waals surface area contributed by atoms with Crippen molar-refractivity contribution in [3.05, 3.63) is 29.3 Å². The standard InChI is InChI=1S/C18H24ClN5O3S/c1-4-20-17(26)21-16(25)12(2)28-18-23-22-15(24(18)10-7-11-27-3)13-8-5-6-9-14(13)19/h5-6,8-9,12H,4,7,10-11H2,1-3H3,(H2,20,21,25,26)/t12-/m1/s1. The number of aromatic nitrogens is 3. The lowest BCUT2D eigenvalue weighted by atomic mass is 10.2. The van der Waals surface area contributed by atoms with Gasteiger partial charge in [-0.1, -0.05) is 35.5 Å². The summed E-state index contributed by atoms with van der Waals surface area (Å²) in [5.41, 5.74) is 0.764. The first-order valence-corrected chi connectivity index (χ1v) is 10.2. The molecule has 0 aliphatic heterocycles. The van der Waals surface area contributed by atoms with E-state index in [1.54, 1.807) is 27.0 Å². The molecule has 0 unspecified atom stereocenters. The second-order valence-electron chi connectivity index (χ2n) is 5.89. The van der Waals surface area contributed by atoms with Gasteiger partial charge >= 0.3 is 6.03 Å². The quantitative estimate of drug-likeness (QED) is 0.473. The highest BCUT2D eigenvalue weighted by Crippen LogP contribution is 2.30. The molecule has 0 fully saturated rings. The van der Waals surface area contributed by atoms with Crippen molar-refractivity contribution in [1.29, 1.82) is 0 Å². The second kappa shape index (κ2) is 11.0. The van der Waals surface area contributed by atoms with Crippen LogP contribution >= 0.6 is 23.4 Å². The van der Waals surface area contributed by atoms with E-state index in [0.717, 1.165) is 12.0 Å². The zero-order valence-electron chi connectivity index (χ0n) is 16.1. The number of urea groups is 1. The molecule has 28 heavy (non-hydrogen) atoms. The molecule has 0 saturated heterocycles. The predicted molar refractivity (Wildman–Crippen MR) is 109 cm³/mol. The Morgan fingerprint density at radius 2 is 2.07 bits per heavy atom. The molecule has 3 amide bonds. The molecule has 8 nitrogen and oxygen atoms in total. The molecule has 2 aromatic rings. The lowest BCUT2D eigenvalue weighted by Gasteiger charge is -2.14. The van der Waals surface area contributed by atoms with Crippen molar-refractivity contribution in [2.45, 2.75) is 37.2 Å². The van der Waals surface area contributed by atoms with Gasteiger partial charge < -0.3 is 14.6 Å². The van der Waals surface area contributed by atoms with Crippen LogP contribution in [-0.2, 0) is 16.1 Å². The molecule has 1 atom stereocenters. The van der Waals surface area contributed by atoms with Gasteiger partial charge in [-0.15, -0.1) is 10.2 Å². The summed E-state index contributed by atoms with van der Waals surface area (Å²) in [5.74, 6) is 0.224. The Balaban J connectivity index is 2.22. The number of carbonyl (C=O) groups is 2. The maximum atomic E-state index is 12.2. The predicted octanol–water partition coefficient (Wildman–Crippen LogP) is 2.96. The number of carbonyl (C=O) groups excluding carboxylic acids is 2. The third kappa shape index (κ3) is 5.95. The molecule has 2 N–H and O–H groups in total. The highest BCUT2D eigenvalue weighted by Gasteiger charge is 2.22. The SMILES string of the molecule is CCNC(=O)NC(=O)[C@@H](C)Sc1nnc(-c2ccccc2Cl)n1CCCOC. The monoisotopic (exact) mass is 425 g/mol. The summed E-state index contributed by atoms with van der Waals surface area (Å²) in [6.45, 7) is 5.12. The normalized spacial score (nSPS) is 11.9. The van der Waals surface area contributed by atoms with Gasteiger partial charge in [0.2, 0.25) is 5.91 Å². The van der Waals surface area contributed by atoms with Gasteiger partial charge in [-0.3, -0.25) is 10.1 Å². The first-order valence-electron chi connectivity index (χ1n) is 8.90. The van der Waals surface area contributed by atoms with Crippen molar-refractivity contribution in [3.8, 4) is 11.4 Å². The summed E-state index contributed by atoms with van der Waals surface area (Å²) >= 11 is 7.55. The lowest BCUT2D eigenvalue weighted by Crippen LogP contribution is -2.42. The molecule has 1 heterocycles. The van der Waals surface area contributed by atoms with Gasteiger partial charge in [0, 0.05) is 32.4 Å². The lowest BCUT2D eigenvalue weighted by molar-refractivity contribution is -0.119. The van der Waals surface area contributed by atoms with Crippen LogP contribution in [0.25, 0.3) is 11.4 Å². The van der Waals surface area contributed by atoms with Crippen LogP contribution in [0.1, 0.15) is 20.3 Å². The molecule has 0 aliphatic carbocycles. The zero-order chi connectivity index (χ0) is 20.5. The fourth-order valence-electron chi connectivity index (χ4n) is 2.42. The number of imide groups is 1. The van der Waals surface area contributed by atoms with E-state index in [1.807, 2.05) is 22.8 Å². The van der Waals surface area contributed by atoms with Gasteiger partial charge in [-0.05, 0) is 32.4 Å². The average Bonchev–Trinajstić information content (AvgIpc) is 3.04. The number of thioether (sulfide) groups is 1. The van der Waals surface area contributed by atoms with Gasteiger partial charge in [-0.2, -0.15) is 0 Å². The first-order chi connectivity index (χ1) is 13.5. The number of rotatable bonds is 9. The Morgan fingerprint density at radius 1 is 1.32 bits per heavy atom. The largest absolute Gasteiger partial charge is 0.385 e. The second-order valence-corrected chi connectivity index (χ2v) is 7.61. The minimum Gasteiger partial charge on any atom is -0.385 e. The number of methoxy groups -OCH3 is 1. The van der Waals surface area contributed by atoms with Crippen LogP contribution in [0.5, 0.6) is 0 Å². The van der Waals surface area contributed by atoms with E-state index in [2.05, 4.69) is 20.8 Å². The van der Waals surface area contributed by atoms with Gasteiger partial charge in [-0.25, -0.2) is 4.79 Å². The van der Waals surface area contributed by atoms with Crippen LogP contribution in [0, 0.1) is 0 Å². The fourth-order valence-corrected chi connectivity index (χ4v) is 3.51. The van der Waals surface area contributed by atoms with Gasteiger partial charge in [0.05, 0.1) is 10.3 Å². The van der Waals surface area contributed by atoms with E-state index in [4.69, 9.17) is 16.3 Å². The van der Waals surface area contributed by atoms with Crippen molar-refractivity contribution >= 4 is 35.3 Å². The Kier molecular flexibility index (Phi) is 8.75. The zero-order valence-corrected chi connectivity index (χ0v) is 17.6. The number of benzene rings is 1. The molecule has 0 bridgehead atoms. The maximum absolute atomic E-state index is 12.2. The molecular weight excluding hydrogens is 402 g/mol.